The first-order chi connectivity index (χ1) is 9.02. The molecule has 1 fully saturated rings. The van der Waals surface area contributed by atoms with E-state index in [1.807, 2.05) is 0 Å². The lowest BCUT2D eigenvalue weighted by Gasteiger charge is -2.42. The number of rotatable bonds is 3. The summed E-state index contributed by atoms with van der Waals surface area (Å²) >= 11 is 0. The molecule has 2 rings (SSSR count). The molecule has 0 unspecified atom stereocenters. The zero-order valence-corrected chi connectivity index (χ0v) is 12.6. The average molecular weight is 262 g/mol. The van der Waals surface area contributed by atoms with Crippen molar-refractivity contribution in [3.05, 3.63) is 29.8 Å². The molecular weight excluding hydrogens is 236 g/mol. The lowest BCUT2D eigenvalue weighted by atomic mass is 9.81. The Labute approximate surface area is 116 Å². The van der Waals surface area contributed by atoms with E-state index in [1.54, 1.807) is 7.11 Å². The van der Waals surface area contributed by atoms with Crippen molar-refractivity contribution in [2.75, 3.05) is 33.3 Å². The second kappa shape index (κ2) is 5.93. The molecule has 1 aromatic carbocycles. The Morgan fingerprint density at radius 2 is 1.68 bits per heavy atom. The van der Waals surface area contributed by atoms with Crippen LogP contribution in [0.5, 0.6) is 5.75 Å². The summed E-state index contributed by atoms with van der Waals surface area (Å²) in [5.41, 5.74) is 1.61. The van der Waals surface area contributed by atoms with E-state index in [0.29, 0.717) is 6.04 Å². The second-order valence-electron chi connectivity index (χ2n) is 6.33. The fraction of sp³-hybridized carbons (Fsp3) is 0.625. The molecule has 0 radical (unpaired) electrons. The Balaban J connectivity index is 2.25. The molecule has 1 aliphatic heterocycles. The van der Waals surface area contributed by atoms with Gasteiger partial charge in [-0.2, -0.15) is 0 Å². The van der Waals surface area contributed by atoms with Crippen molar-refractivity contribution in [2.24, 2.45) is 5.41 Å². The molecule has 0 saturated carbocycles. The van der Waals surface area contributed by atoms with Crippen LogP contribution in [0.2, 0.25) is 0 Å². The van der Waals surface area contributed by atoms with Crippen molar-refractivity contribution >= 4 is 0 Å². The Morgan fingerprint density at radius 1 is 1.11 bits per heavy atom. The summed E-state index contributed by atoms with van der Waals surface area (Å²) in [5.74, 6) is 0.928. The van der Waals surface area contributed by atoms with Crippen LogP contribution in [0.1, 0.15) is 32.4 Å². The van der Waals surface area contributed by atoms with Crippen molar-refractivity contribution in [1.82, 2.24) is 10.2 Å². The number of ether oxygens (including phenoxy) is 1. The largest absolute Gasteiger partial charge is 0.497 e. The molecule has 1 saturated heterocycles. The fourth-order valence-corrected chi connectivity index (χ4v) is 2.99. The Bertz CT molecular complexity index is 388. The predicted octanol–water partition coefficient (Wildman–Crippen LogP) is 2.69. The van der Waals surface area contributed by atoms with E-state index in [-0.39, 0.29) is 5.41 Å². The van der Waals surface area contributed by atoms with Gasteiger partial charge < -0.3 is 10.1 Å². The number of methoxy groups -OCH3 is 1. The minimum Gasteiger partial charge on any atom is -0.497 e. The zero-order chi connectivity index (χ0) is 13.9. The smallest absolute Gasteiger partial charge is 0.118 e. The first kappa shape index (κ1) is 14.4. The molecule has 0 aromatic heterocycles. The van der Waals surface area contributed by atoms with Crippen LogP contribution in [0.15, 0.2) is 24.3 Å². The summed E-state index contributed by atoms with van der Waals surface area (Å²) in [6, 6.07) is 9.00. The molecular formula is C16H26N2O. The van der Waals surface area contributed by atoms with Gasteiger partial charge in [0.05, 0.1) is 7.11 Å². The molecule has 0 amide bonds. The van der Waals surface area contributed by atoms with E-state index < -0.39 is 0 Å². The van der Waals surface area contributed by atoms with Gasteiger partial charge in [0.1, 0.15) is 5.75 Å². The van der Waals surface area contributed by atoms with Gasteiger partial charge in [-0.05, 0) is 23.1 Å². The summed E-state index contributed by atoms with van der Waals surface area (Å²) in [4.78, 5) is 2.60. The van der Waals surface area contributed by atoms with E-state index in [0.717, 1.165) is 31.9 Å². The highest BCUT2D eigenvalue weighted by molar-refractivity contribution is 5.30. The molecule has 1 N–H and O–H groups in total. The first-order valence-corrected chi connectivity index (χ1v) is 7.11. The van der Waals surface area contributed by atoms with Gasteiger partial charge in [-0.15, -0.1) is 0 Å². The lowest BCUT2D eigenvalue weighted by molar-refractivity contribution is 0.0862. The van der Waals surface area contributed by atoms with Gasteiger partial charge in [0.25, 0.3) is 0 Å². The topological polar surface area (TPSA) is 24.5 Å². The van der Waals surface area contributed by atoms with Gasteiger partial charge >= 0.3 is 0 Å². The van der Waals surface area contributed by atoms with Crippen LogP contribution in [-0.4, -0.2) is 38.2 Å². The van der Waals surface area contributed by atoms with E-state index in [1.165, 1.54) is 5.56 Å². The summed E-state index contributed by atoms with van der Waals surface area (Å²) in [6.07, 6.45) is 0. The first-order valence-electron chi connectivity index (χ1n) is 7.11. The number of piperazine rings is 1. The Hall–Kier alpha value is -1.06. The van der Waals surface area contributed by atoms with Crippen molar-refractivity contribution in [3.63, 3.8) is 0 Å². The Kier molecular flexibility index (Phi) is 4.48. The lowest BCUT2D eigenvalue weighted by Crippen LogP contribution is -2.48. The molecule has 1 aromatic rings. The van der Waals surface area contributed by atoms with Crippen molar-refractivity contribution in [2.45, 2.75) is 26.8 Å². The second-order valence-corrected chi connectivity index (χ2v) is 6.33. The minimum absolute atomic E-state index is 0.228. The normalized spacial score (nSPS) is 19.2. The molecule has 3 nitrogen and oxygen atoms in total. The van der Waals surface area contributed by atoms with Crippen LogP contribution in [-0.2, 0) is 0 Å². The third-order valence-electron chi connectivity index (χ3n) is 3.77. The van der Waals surface area contributed by atoms with Gasteiger partial charge in [0.2, 0.25) is 0 Å². The molecule has 106 valence electrons. The third-order valence-corrected chi connectivity index (χ3v) is 3.77. The average Bonchev–Trinajstić information content (AvgIpc) is 2.39. The third kappa shape index (κ3) is 3.48. The van der Waals surface area contributed by atoms with Crippen molar-refractivity contribution in [3.8, 4) is 5.75 Å². The quantitative estimate of drug-likeness (QED) is 0.906. The van der Waals surface area contributed by atoms with Crippen LogP contribution >= 0.6 is 0 Å². The standard InChI is InChI=1S/C16H26N2O/c1-16(2,3)15(18-11-9-17-10-12-18)13-5-7-14(19-4)8-6-13/h5-8,15,17H,9-12H2,1-4H3/t15-/m1/s1. The van der Waals surface area contributed by atoms with E-state index >= 15 is 0 Å². The van der Waals surface area contributed by atoms with E-state index in [9.17, 15) is 0 Å². The van der Waals surface area contributed by atoms with Gasteiger partial charge in [0, 0.05) is 32.2 Å². The van der Waals surface area contributed by atoms with Crippen LogP contribution in [0.4, 0.5) is 0 Å². The van der Waals surface area contributed by atoms with Crippen LogP contribution in [0, 0.1) is 5.41 Å². The molecule has 0 spiro atoms. The van der Waals surface area contributed by atoms with Crippen molar-refractivity contribution < 1.29 is 4.74 Å². The van der Waals surface area contributed by atoms with Crippen molar-refractivity contribution in [1.29, 1.82) is 0 Å². The maximum atomic E-state index is 5.26. The minimum atomic E-state index is 0.228. The fourth-order valence-electron chi connectivity index (χ4n) is 2.99. The predicted molar refractivity (Wildman–Crippen MR) is 79.6 cm³/mol. The molecule has 3 heteroatoms. The molecule has 0 bridgehead atoms. The number of nitrogens with zero attached hydrogens (tertiary/aromatic N) is 1. The summed E-state index contributed by atoms with van der Waals surface area (Å²) < 4.78 is 5.26. The Morgan fingerprint density at radius 3 is 2.16 bits per heavy atom. The van der Waals surface area contributed by atoms with Crippen LogP contribution < -0.4 is 10.1 Å². The number of hydrogen-bond acceptors (Lipinski definition) is 3. The molecule has 1 atom stereocenters. The summed E-state index contributed by atoms with van der Waals surface area (Å²) in [5, 5.41) is 3.43. The molecule has 1 heterocycles. The highest BCUT2D eigenvalue weighted by atomic mass is 16.5. The highest BCUT2D eigenvalue weighted by Gasteiger charge is 2.32. The van der Waals surface area contributed by atoms with Crippen LogP contribution in [0.3, 0.4) is 0 Å². The molecule has 1 aliphatic rings. The number of nitrogens with one attached hydrogen (secondary N) is 1. The van der Waals surface area contributed by atoms with Crippen LogP contribution in [0.25, 0.3) is 0 Å². The van der Waals surface area contributed by atoms with Gasteiger partial charge in [-0.3, -0.25) is 4.90 Å². The summed E-state index contributed by atoms with van der Waals surface area (Å²) in [6.45, 7) is 11.4. The monoisotopic (exact) mass is 262 g/mol. The molecule has 0 aliphatic carbocycles. The SMILES string of the molecule is COc1ccc([C@@H](N2CCNCC2)C(C)(C)C)cc1. The maximum Gasteiger partial charge on any atom is 0.118 e. The van der Waals surface area contributed by atoms with Gasteiger partial charge in [-0.25, -0.2) is 0 Å². The zero-order valence-electron chi connectivity index (χ0n) is 12.6. The number of benzene rings is 1. The van der Waals surface area contributed by atoms with E-state index in [2.05, 4.69) is 55.3 Å². The number of hydrogen-bond donors (Lipinski definition) is 1. The molecule has 19 heavy (non-hydrogen) atoms. The van der Waals surface area contributed by atoms with E-state index in [4.69, 9.17) is 4.74 Å². The van der Waals surface area contributed by atoms with Gasteiger partial charge in [-0.1, -0.05) is 32.9 Å². The summed E-state index contributed by atoms with van der Waals surface area (Å²) in [7, 11) is 1.71. The highest BCUT2D eigenvalue weighted by Crippen LogP contribution is 2.38. The maximum absolute atomic E-state index is 5.26. The van der Waals surface area contributed by atoms with Gasteiger partial charge in [0.15, 0.2) is 0 Å².